The van der Waals surface area contributed by atoms with Gasteiger partial charge in [-0.1, -0.05) is 63.5 Å². The molecule has 0 radical (unpaired) electrons. The number of nitrogens with one attached hydrogen (secondary N) is 2. The number of allylic oxidation sites excluding steroid dienone is 2. The molecule has 6 nitrogen and oxygen atoms in total. The van der Waals surface area contributed by atoms with Gasteiger partial charge in [-0.05, 0) is 69.9 Å². The lowest BCUT2D eigenvalue weighted by atomic mass is 10.1. The third kappa shape index (κ3) is 16.6. The molecule has 1 saturated carbocycles. The van der Waals surface area contributed by atoms with Gasteiger partial charge in [0.25, 0.3) is 0 Å². The van der Waals surface area contributed by atoms with Crippen LogP contribution in [-0.2, 0) is 9.59 Å². The van der Waals surface area contributed by atoms with Crippen molar-refractivity contribution >= 4 is 11.8 Å². The van der Waals surface area contributed by atoms with E-state index in [0.717, 1.165) is 83.5 Å². The van der Waals surface area contributed by atoms with E-state index in [2.05, 4.69) is 10.6 Å². The van der Waals surface area contributed by atoms with Crippen molar-refractivity contribution in [1.29, 1.82) is 0 Å². The second kappa shape index (κ2) is 20.9. The summed E-state index contributed by atoms with van der Waals surface area (Å²) in [5.74, 6) is -0.141. The van der Waals surface area contributed by atoms with Crippen LogP contribution < -0.4 is 10.6 Å². The van der Waals surface area contributed by atoms with Gasteiger partial charge in [0, 0.05) is 25.3 Å². The second-order valence-electron chi connectivity index (χ2n) is 9.23. The average molecular weight is 465 g/mol. The van der Waals surface area contributed by atoms with Gasteiger partial charge in [0.05, 0.1) is 0 Å². The van der Waals surface area contributed by atoms with Crippen LogP contribution >= 0.6 is 0 Å². The Balaban J connectivity index is 2.14. The summed E-state index contributed by atoms with van der Waals surface area (Å²) >= 11 is 0. The molecule has 0 aliphatic heterocycles. The SMILES string of the molecule is O=C(C=CCCCCCCCCO)N[C@H]1CCC[C@H]1NC(=O)C=CCCCCCCCCO. The smallest absolute Gasteiger partial charge is 0.243 e. The third-order valence-electron chi connectivity index (χ3n) is 6.27. The Hall–Kier alpha value is -1.66. The van der Waals surface area contributed by atoms with E-state index in [1.807, 2.05) is 12.2 Å². The van der Waals surface area contributed by atoms with Crippen molar-refractivity contribution in [2.24, 2.45) is 0 Å². The molecular formula is C27H48N2O4. The summed E-state index contributed by atoms with van der Waals surface area (Å²) < 4.78 is 0. The zero-order valence-corrected chi connectivity index (χ0v) is 20.6. The standard InChI is InChI=1S/C27H48N2O4/c30-22-15-11-7-3-1-5-9-13-20-26(32)28-24-18-17-19-25(24)29-27(33)21-14-10-6-2-4-8-12-16-23-31/h13-14,20-21,24-25,30-31H,1-12,15-19,22-23H2,(H,28,32)(H,29,33)/t24-,25+. The highest BCUT2D eigenvalue weighted by Crippen LogP contribution is 2.19. The normalized spacial score (nSPS) is 18.4. The van der Waals surface area contributed by atoms with Crippen LogP contribution in [0.3, 0.4) is 0 Å². The van der Waals surface area contributed by atoms with Crippen LogP contribution in [0.5, 0.6) is 0 Å². The molecule has 1 aliphatic carbocycles. The first-order valence-corrected chi connectivity index (χ1v) is 13.3. The van der Waals surface area contributed by atoms with Crippen LogP contribution in [0.2, 0.25) is 0 Å². The fourth-order valence-electron chi connectivity index (χ4n) is 4.31. The van der Waals surface area contributed by atoms with E-state index < -0.39 is 0 Å². The number of unbranched alkanes of at least 4 members (excludes halogenated alkanes) is 12. The molecule has 0 spiro atoms. The molecule has 33 heavy (non-hydrogen) atoms. The number of amides is 2. The predicted molar refractivity (Wildman–Crippen MR) is 135 cm³/mol. The summed E-state index contributed by atoms with van der Waals surface area (Å²) in [6.45, 7) is 0.571. The fourth-order valence-corrected chi connectivity index (χ4v) is 4.31. The van der Waals surface area contributed by atoms with Crippen LogP contribution in [0.15, 0.2) is 24.3 Å². The van der Waals surface area contributed by atoms with Gasteiger partial charge >= 0.3 is 0 Å². The number of hydrogen-bond acceptors (Lipinski definition) is 4. The maximum absolute atomic E-state index is 12.2. The molecule has 0 unspecified atom stereocenters. The van der Waals surface area contributed by atoms with E-state index >= 15 is 0 Å². The van der Waals surface area contributed by atoms with Gasteiger partial charge in [0.2, 0.25) is 11.8 Å². The zero-order chi connectivity index (χ0) is 24.0. The minimum absolute atomic E-state index is 0.00458. The monoisotopic (exact) mass is 464 g/mol. The molecule has 0 aromatic heterocycles. The molecule has 0 bridgehead atoms. The molecule has 2 atom stereocenters. The number of aliphatic hydroxyl groups is 2. The Morgan fingerprint density at radius 1 is 0.606 bits per heavy atom. The lowest BCUT2D eigenvalue weighted by Gasteiger charge is -2.21. The summed E-state index contributed by atoms with van der Waals surface area (Å²) in [7, 11) is 0. The Morgan fingerprint density at radius 2 is 0.970 bits per heavy atom. The van der Waals surface area contributed by atoms with Crippen LogP contribution in [0, 0.1) is 0 Å². The van der Waals surface area contributed by atoms with E-state index in [1.54, 1.807) is 12.2 Å². The lowest BCUT2D eigenvalue weighted by molar-refractivity contribution is -0.119. The molecule has 0 aromatic rings. The molecule has 0 aromatic carbocycles. The number of carbonyl (C=O) groups excluding carboxylic acids is 2. The van der Waals surface area contributed by atoms with E-state index in [9.17, 15) is 9.59 Å². The highest BCUT2D eigenvalue weighted by Gasteiger charge is 2.28. The van der Waals surface area contributed by atoms with Crippen molar-refractivity contribution < 1.29 is 19.8 Å². The second-order valence-corrected chi connectivity index (χ2v) is 9.23. The van der Waals surface area contributed by atoms with Gasteiger partial charge in [-0.25, -0.2) is 0 Å². The van der Waals surface area contributed by atoms with E-state index in [4.69, 9.17) is 10.2 Å². The van der Waals surface area contributed by atoms with Crippen molar-refractivity contribution in [1.82, 2.24) is 10.6 Å². The molecule has 1 rings (SSSR count). The molecule has 6 heteroatoms. The van der Waals surface area contributed by atoms with Gasteiger partial charge in [-0.3, -0.25) is 9.59 Å². The minimum Gasteiger partial charge on any atom is -0.396 e. The van der Waals surface area contributed by atoms with E-state index in [0.29, 0.717) is 0 Å². The molecule has 190 valence electrons. The van der Waals surface area contributed by atoms with Gasteiger partial charge in [0.15, 0.2) is 0 Å². The molecule has 1 fully saturated rings. The Kier molecular flexibility index (Phi) is 18.6. The summed E-state index contributed by atoms with van der Waals surface area (Å²) in [6.07, 6.45) is 25.0. The van der Waals surface area contributed by atoms with Crippen LogP contribution in [0.1, 0.15) is 109 Å². The van der Waals surface area contributed by atoms with Gasteiger partial charge in [-0.15, -0.1) is 0 Å². The van der Waals surface area contributed by atoms with Crippen molar-refractivity contribution in [2.75, 3.05) is 13.2 Å². The van der Waals surface area contributed by atoms with Gasteiger partial charge in [-0.2, -0.15) is 0 Å². The van der Waals surface area contributed by atoms with Crippen molar-refractivity contribution in [3.8, 4) is 0 Å². The summed E-state index contributed by atoms with van der Waals surface area (Å²) in [6, 6.07) is 0.00916. The first kappa shape index (κ1) is 29.4. The molecular weight excluding hydrogens is 416 g/mol. The van der Waals surface area contributed by atoms with Gasteiger partial charge in [0.1, 0.15) is 0 Å². The van der Waals surface area contributed by atoms with E-state index in [1.165, 1.54) is 25.7 Å². The summed E-state index contributed by atoms with van der Waals surface area (Å²) in [4.78, 5) is 24.5. The third-order valence-corrected chi connectivity index (χ3v) is 6.27. The van der Waals surface area contributed by atoms with Crippen LogP contribution in [-0.4, -0.2) is 47.3 Å². The Morgan fingerprint density at radius 3 is 1.36 bits per heavy atom. The molecule has 0 heterocycles. The Labute approximate surface area is 201 Å². The summed E-state index contributed by atoms with van der Waals surface area (Å²) in [5, 5.41) is 23.6. The highest BCUT2D eigenvalue weighted by molar-refractivity contribution is 5.89. The number of rotatable bonds is 20. The molecule has 1 aliphatic rings. The number of carbonyl (C=O) groups is 2. The first-order valence-electron chi connectivity index (χ1n) is 13.3. The zero-order valence-electron chi connectivity index (χ0n) is 20.6. The van der Waals surface area contributed by atoms with Crippen molar-refractivity contribution in [3.05, 3.63) is 24.3 Å². The minimum atomic E-state index is -0.0707. The van der Waals surface area contributed by atoms with Crippen LogP contribution in [0.4, 0.5) is 0 Å². The topological polar surface area (TPSA) is 98.7 Å². The predicted octanol–water partition coefficient (Wildman–Crippen LogP) is 4.70. The molecule has 4 N–H and O–H groups in total. The van der Waals surface area contributed by atoms with Gasteiger partial charge < -0.3 is 20.8 Å². The number of aliphatic hydroxyl groups excluding tert-OH is 2. The van der Waals surface area contributed by atoms with E-state index in [-0.39, 0.29) is 37.1 Å². The Bertz CT molecular complexity index is 514. The maximum atomic E-state index is 12.2. The van der Waals surface area contributed by atoms with Crippen molar-refractivity contribution in [3.63, 3.8) is 0 Å². The molecule has 0 saturated heterocycles. The maximum Gasteiger partial charge on any atom is 0.243 e. The highest BCUT2D eigenvalue weighted by atomic mass is 16.3. The fraction of sp³-hybridized carbons (Fsp3) is 0.778. The van der Waals surface area contributed by atoms with Crippen molar-refractivity contribution in [2.45, 2.75) is 121 Å². The molecule has 2 amide bonds. The number of hydrogen-bond donors (Lipinski definition) is 4. The average Bonchev–Trinajstić information content (AvgIpc) is 3.23. The summed E-state index contributed by atoms with van der Waals surface area (Å²) in [5.41, 5.74) is 0. The largest absolute Gasteiger partial charge is 0.396 e. The quantitative estimate of drug-likeness (QED) is 0.155. The van der Waals surface area contributed by atoms with Crippen LogP contribution in [0.25, 0.3) is 0 Å². The lowest BCUT2D eigenvalue weighted by Crippen LogP contribution is -2.47. The first-order chi connectivity index (χ1) is 16.2.